The molecule has 0 saturated carbocycles. The van der Waals surface area contributed by atoms with Crippen molar-refractivity contribution in [2.24, 2.45) is 0 Å². The second-order valence-electron chi connectivity index (χ2n) is 3.88. The molecule has 16 heavy (non-hydrogen) atoms. The van der Waals surface area contributed by atoms with Crippen molar-refractivity contribution in [3.63, 3.8) is 0 Å². The maximum atomic E-state index is 5.63. The summed E-state index contributed by atoms with van der Waals surface area (Å²) in [5.41, 5.74) is 0. The molecule has 5 heteroatoms. The zero-order valence-corrected chi connectivity index (χ0v) is 9.69. The highest BCUT2D eigenvalue weighted by Crippen LogP contribution is 2.22. The van der Waals surface area contributed by atoms with Crippen LogP contribution in [0.5, 0.6) is 0 Å². The minimum Gasteiger partial charge on any atom is -0.376 e. The van der Waals surface area contributed by atoms with Crippen molar-refractivity contribution in [2.75, 3.05) is 6.61 Å². The largest absolute Gasteiger partial charge is 0.376 e. The van der Waals surface area contributed by atoms with Gasteiger partial charge in [-0.1, -0.05) is 0 Å². The highest BCUT2D eigenvalue weighted by Gasteiger charge is 2.18. The van der Waals surface area contributed by atoms with Gasteiger partial charge in [0.1, 0.15) is 0 Å². The SMILES string of the molecule is c1csc(-c2nccn2C[C@@H]2CCCO2)n1. The van der Waals surface area contributed by atoms with Gasteiger partial charge in [0.05, 0.1) is 12.6 Å². The Kier molecular flexibility index (Phi) is 2.71. The van der Waals surface area contributed by atoms with Gasteiger partial charge in [-0.25, -0.2) is 9.97 Å². The Labute approximate surface area is 97.9 Å². The summed E-state index contributed by atoms with van der Waals surface area (Å²) in [5, 5.41) is 2.95. The van der Waals surface area contributed by atoms with Gasteiger partial charge >= 0.3 is 0 Å². The molecule has 0 unspecified atom stereocenters. The standard InChI is InChI=1S/C11H13N3OS/c1-2-9(15-6-1)8-14-5-3-12-10(14)11-13-4-7-16-11/h3-5,7,9H,1-2,6,8H2/t9-/m0/s1. The molecule has 1 aliphatic rings. The van der Waals surface area contributed by atoms with Crippen LogP contribution in [0.3, 0.4) is 0 Å². The Morgan fingerprint density at radius 1 is 1.44 bits per heavy atom. The number of rotatable bonds is 3. The molecule has 1 aliphatic heterocycles. The van der Waals surface area contributed by atoms with Crippen LogP contribution in [-0.4, -0.2) is 27.2 Å². The summed E-state index contributed by atoms with van der Waals surface area (Å²) in [7, 11) is 0. The maximum absolute atomic E-state index is 5.63. The molecule has 3 rings (SSSR count). The van der Waals surface area contributed by atoms with Crippen LogP contribution in [0.4, 0.5) is 0 Å². The van der Waals surface area contributed by atoms with Gasteiger partial charge in [-0.05, 0) is 12.8 Å². The molecular weight excluding hydrogens is 222 g/mol. The summed E-state index contributed by atoms with van der Waals surface area (Å²) in [5.74, 6) is 0.950. The van der Waals surface area contributed by atoms with Crippen molar-refractivity contribution < 1.29 is 4.74 Å². The van der Waals surface area contributed by atoms with Gasteiger partial charge in [-0.2, -0.15) is 0 Å². The molecule has 1 fully saturated rings. The number of aromatic nitrogens is 3. The Bertz CT molecular complexity index is 446. The molecule has 0 aliphatic carbocycles. The topological polar surface area (TPSA) is 39.9 Å². The average Bonchev–Trinajstić information content (AvgIpc) is 2.98. The number of hydrogen-bond acceptors (Lipinski definition) is 4. The number of hydrogen-bond donors (Lipinski definition) is 0. The zero-order valence-electron chi connectivity index (χ0n) is 8.87. The van der Waals surface area contributed by atoms with Crippen LogP contribution in [0.25, 0.3) is 10.8 Å². The highest BCUT2D eigenvalue weighted by atomic mass is 32.1. The molecule has 0 amide bonds. The van der Waals surface area contributed by atoms with Crippen molar-refractivity contribution >= 4 is 11.3 Å². The van der Waals surface area contributed by atoms with Crippen molar-refractivity contribution in [2.45, 2.75) is 25.5 Å². The minimum atomic E-state index is 0.341. The first-order valence-electron chi connectivity index (χ1n) is 5.46. The van der Waals surface area contributed by atoms with Gasteiger partial charge in [-0.3, -0.25) is 0 Å². The third kappa shape index (κ3) is 1.88. The lowest BCUT2D eigenvalue weighted by Crippen LogP contribution is -2.15. The molecule has 4 nitrogen and oxygen atoms in total. The summed E-state index contributed by atoms with van der Waals surface area (Å²) in [6, 6.07) is 0. The Morgan fingerprint density at radius 3 is 3.19 bits per heavy atom. The molecule has 3 heterocycles. The lowest BCUT2D eigenvalue weighted by Gasteiger charge is -2.11. The summed E-state index contributed by atoms with van der Waals surface area (Å²) in [6.45, 7) is 1.78. The molecular formula is C11H13N3OS. The first-order valence-corrected chi connectivity index (χ1v) is 6.34. The molecule has 2 aromatic heterocycles. The smallest absolute Gasteiger partial charge is 0.169 e. The van der Waals surface area contributed by atoms with Crippen LogP contribution in [0.1, 0.15) is 12.8 Å². The van der Waals surface area contributed by atoms with E-state index in [1.807, 2.05) is 24.0 Å². The van der Waals surface area contributed by atoms with E-state index in [0.29, 0.717) is 6.10 Å². The highest BCUT2D eigenvalue weighted by molar-refractivity contribution is 7.13. The van der Waals surface area contributed by atoms with Gasteiger partial charge in [0.25, 0.3) is 0 Å². The fraction of sp³-hybridized carbons (Fsp3) is 0.455. The molecule has 0 spiro atoms. The van der Waals surface area contributed by atoms with E-state index in [2.05, 4.69) is 14.5 Å². The van der Waals surface area contributed by atoms with E-state index in [1.165, 1.54) is 6.42 Å². The second kappa shape index (κ2) is 4.35. The van der Waals surface area contributed by atoms with Crippen LogP contribution in [0.15, 0.2) is 24.0 Å². The van der Waals surface area contributed by atoms with Crippen LogP contribution >= 0.6 is 11.3 Å². The Hall–Kier alpha value is -1.20. The molecule has 0 bridgehead atoms. The molecule has 2 aromatic rings. The van der Waals surface area contributed by atoms with E-state index in [1.54, 1.807) is 11.3 Å². The average molecular weight is 235 g/mol. The van der Waals surface area contributed by atoms with Gasteiger partial charge in [-0.15, -0.1) is 11.3 Å². The van der Waals surface area contributed by atoms with E-state index in [0.717, 1.165) is 30.4 Å². The van der Waals surface area contributed by atoms with Gasteiger partial charge in [0.2, 0.25) is 0 Å². The maximum Gasteiger partial charge on any atom is 0.169 e. The third-order valence-electron chi connectivity index (χ3n) is 2.76. The summed E-state index contributed by atoms with van der Waals surface area (Å²) < 4.78 is 7.77. The minimum absolute atomic E-state index is 0.341. The monoisotopic (exact) mass is 235 g/mol. The van der Waals surface area contributed by atoms with Crippen molar-refractivity contribution in [3.8, 4) is 10.8 Å². The predicted octanol–water partition coefficient (Wildman–Crippen LogP) is 2.19. The summed E-state index contributed by atoms with van der Waals surface area (Å²) in [4.78, 5) is 8.64. The van der Waals surface area contributed by atoms with Crippen molar-refractivity contribution in [1.29, 1.82) is 0 Å². The van der Waals surface area contributed by atoms with E-state index < -0.39 is 0 Å². The van der Waals surface area contributed by atoms with Gasteiger partial charge < -0.3 is 9.30 Å². The molecule has 1 atom stereocenters. The van der Waals surface area contributed by atoms with Crippen LogP contribution in [0, 0.1) is 0 Å². The third-order valence-corrected chi connectivity index (χ3v) is 3.53. The van der Waals surface area contributed by atoms with E-state index in [9.17, 15) is 0 Å². The van der Waals surface area contributed by atoms with Crippen LogP contribution < -0.4 is 0 Å². The fourth-order valence-corrected chi connectivity index (χ4v) is 2.64. The summed E-state index contributed by atoms with van der Waals surface area (Å²) in [6.07, 6.45) is 8.30. The molecule has 84 valence electrons. The molecule has 1 saturated heterocycles. The lowest BCUT2D eigenvalue weighted by atomic mass is 10.2. The van der Waals surface area contributed by atoms with E-state index >= 15 is 0 Å². The molecule has 0 radical (unpaired) electrons. The van der Waals surface area contributed by atoms with Gasteiger partial charge in [0, 0.05) is 30.6 Å². The number of nitrogens with zero attached hydrogens (tertiary/aromatic N) is 3. The van der Waals surface area contributed by atoms with Crippen LogP contribution in [0.2, 0.25) is 0 Å². The summed E-state index contributed by atoms with van der Waals surface area (Å²) >= 11 is 1.62. The number of imidazole rings is 1. The van der Waals surface area contributed by atoms with Crippen molar-refractivity contribution in [1.82, 2.24) is 14.5 Å². The van der Waals surface area contributed by atoms with Crippen molar-refractivity contribution in [3.05, 3.63) is 24.0 Å². The number of thiazole rings is 1. The second-order valence-corrected chi connectivity index (χ2v) is 4.77. The zero-order chi connectivity index (χ0) is 10.8. The molecule has 0 aromatic carbocycles. The quantitative estimate of drug-likeness (QED) is 0.818. The fourth-order valence-electron chi connectivity index (χ4n) is 2.00. The first kappa shape index (κ1) is 9.99. The predicted molar refractivity (Wildman–Crippen MR) is 62.3 cm³/mol. The number of ether oxygens (including phenoxy) is 1. The lowest BCUT2D eigenvalue weighted by molar-refractivity contribution is 0.0974. The Morgan fingerprint density at radius 2 is 2.44 bits per heavy atom. The first-order chi connectivity index (χ1) is 7.93. The molecule has 0 N–H and O–H groups in total. The Balaban J connectivity index is 1.82. The van der Waals surface area contributed by atoms with Crippen LogP contribution in [-0.2, 0) is 11.3 Å². The van der Waals surface area contributed by atoms with E-state index in [4.69, 9.17) is 4.74 Å². The normalized spacial score (nSPS) is 20.4. The van der Waals surface area contributed by atoms with Gasteiger partial charge in [0.15, 0.2) is 10.8 Å². The van der Waals surface area contributed by atoms with E-state index in [-0.39, 0.29) is 0 Å².